The van der Waals surface area contributed by atoms with Crippen LogP contribution in [0.2, 0.25) is 0 Å². The van der Waals surface area contributed by atoms with Gasteiger partial charge in [-0.1, -0.05) is 37.3 Å². The minimum atomic E-state index is -0.466. The average molecular weight is 189 g/mol. The number of hydrogen-bond acceptors (Lipinski definition) is 2. The molecule has 3 heteroatoms. The first kappa shape index (κ1) is 8.94. The van der Waals surface area contributed by atoms with Crippen molar-refractivity contribution >= 4 is 11.7 Å². The molecular weight excluding hydrogens is 178 g/mol. The molecule has 3 nitrogen and oxygen atoms in total. The van der Waals surface area contributed by atoms with Crippen LogP contribution in [-0.2, 0) is 9.59 Å². The van der Waals surface area contributed by atoms with E-state index in [9.17, 15) is 9.59 Å². The number of benzene rings is 1. The quantitative estimate of drug-likeness (QED) is 0.671. The summed E-state index contributed by atoms with van der Waals surface area (Å²) in [6, 6.07) is 9.39. The normalized spacial score (nSPS) is 26.4. The first-order chi connectivity index (χ1) is 6.70. The van der Waals surface area contributed by atoms with Crippen LogP contribution in [0.1, 0.15) is 18.5 Å². The van der Waals surface area contributed by atoms with Crippen LogP contribution in [0, 0.1) is 5.92 Å². The van der Waals surface area contributed by atoms with Crippen molar-refractivity contribution < 1.29 is 9.59 Å². The number of hydrogen-bond donors (Lipinski definition) is 1. The second-order valence-electron chi connectivity index (χ2n) is 3.51. The fourth-order valence-electron chi connectivity index (χ4n) is 1.73. The monoisotopic (exact) mass is 189 g/mol. The van der Waals surface area contributed by atoms with Gasteiger partial charge in [-0.3, -0.25) is 9.59 Å². The Morgan fingerprint density at radius 1 is 1.14 bits per heavy atom. The summed E-state index contributed by atoms with van der Waals surface area (Å²) >= 11 is 0. The van der Waals surface area contributed by atoms with Gasteiger partial charge in [-0.25, -0.2) is 0 Å². The zero-order valence-corrected chi connectivity index (χ0v) is 7.86. The Hall–Kier alpha value is -1.64. The van der Waals surface area contributed by atoms with E-state index in [-0.39, 0.29) is 17.7 Å². The Kier molecular flexibility index (Phi) is 2.08. The largest absolute Gasteiger partial charge is 0.342 e. The van der Waals surface area contributed by atoms with Gasteiger partial charge in [0.2, 0.25) is 5.78 Å². The van der Waals surface area contributed by atoms with E-state index in [1.54, 1.807) is 6.92 Å². The summed E-state index contributed by atoms with van der Waals surface area (Å²) in [4.78, 5) is 22.4. The van der Waals surface area contributed by atoms with E-state index >= 15 is 0 Å². The van der Waals surface area contributed by atoms with Crippen molar-refractivity contribution in [3.05, 3.63) is 35.9 Å². The average Bonchev–Trinajstić information content (AvgIpc) is 2.47. The molecule has 0 saturated carbocycles. The third-order valence-corrected chi connectivity index (χ3v) is 2.58. The molecule has 0 bridgehead atoms. The molecular formula is C11H11NO2. The van der Waals surface area contributed by atoms with Crippen LogP contribution in [0.15, 0.2) is 30.3 Å². The number of carbonyl (C=O) groups is 2. The van der Waals surface area contributed by atoms with Crippen LogP contribution in [0.5, 0.6) is 0 Å². The summed E-state index contributed by atoms with van der Waals surface area (Å²) in [5, 5.41) is 2.68. The second kappa shape index (κ2) is 3.25. The number of carbonyl (C=O) groups excluding carboxylic acids is 2. The van der Waals surface area contributed by atoms with Gasteiger partial charge in [0.1, 0.15) is 0 Å². The summed E-state index contributed by atoms with van der Waals surface area (Å²) in [5.41, 5.74) is 0.985. The smallest absolute Gasteiger partial charge is 0.288 e. The number of Topliss-reactive ketones (excluding diaryl/α,β-unsaturated/α-hetero) is 1. The molecule has 1 fully saturated rings. The Bertz CT molecular complexity index is 372. The van der Waals surface area contributed by atoms with E-state index in [0.29, 0.717) is 0 Å². The van der Waals surface area contributed by atoms with Crippen molar-refractivity contribution in [2.45, 2.75) is 13.0 Å². The number of rotatable bonds is 1. The van der Waals surface area contributed by atoms with Crippen molar-refractivity contribution in [3.8, 4) is 0 Å². The van der Waals surface area contributed by atoms with Crippen molar-refractivity contribution in [2.24, 2.45) is 5.92 Å². The van der Waals surface area contributed by atoms with Gasteiger partial charge in [0.15, 0.2) is 0 Å². The van der Waals surface area contributed by atoms with Crippen LogP contribution in [0.25, 0.3) is 0 Å². The zero-order valence-electron chi connectivity index (χ0n) is 7.86. The number of nitrogens with one attached hydrogen (secondary N) is 1. The third kappa shape index (κ3) is 1.31. The van der Waals surface area contributed by atoms with Gasteiger partial charge in [0, 0.05) is 5.92 Å². The molecule has 2 atom stereocenters. The summed E-state index contributed by atoms with van der Waals surface area (Å²) in [7, 11) is 0. The fraction of sp³-hybridized carbons (Fsp3) is 0.273. The lowest BCUT2D eigenvalue weighted by atomic mass is 9.95. The highest BCUT2D eigenvalue weighted by molar-refractivity contribution is 6.39. The lowest BCUT2D eigenvalue weighted by Crippen LogP contribution is -2.21. The third-order valence-electron chi connectivity index (χ3n) is 2.58. The molecule has 72 valence electrons. The van der Waals surface area contributed by atoms with Gasteiger partial charge < -0.3 is 5.32 Å². The molecule has 1 aromatic rings. The molecule has 0 spiro atoms. The molecule has 0 aliphatic carbocycles. The van der Waals surface area contributed by atoms with Crippen LogP contribution in [0.4, 0.5) is 0 Å². The van der Waals surface area contributed by atoms with Gasteiger partial charge >= 0.3 is 0 Å². The van der Waals surface area contributed by atoms with E-state index in [4.69, 9.17) is 0 Å². The lowest BCUT2D eigenvalue weighted by Gasteiger charge is -2.13. The second-order valence-corrected chi connectivity index (χ2v) is 3.51. The van der Waals surface area contributed by atoms with Gasteiger partial charge in [0.05, 0.1) is 6.04 Å². The predicted octanol–water partition coefficient (Wildman–Crippen LogP) is 1.06. The van der Waals surface area contributed by atoms with E-state index in [1.165, 1.54) is 0 Å². The molecule has 2 rings (SSSR count). The number of amides is 1. The Balaban J connectivity index is 2.30. The first-order valence-electron chi connectivity index (χ1n) is 4.60. The standard InChI is InChI=1S/C11H11NO2/c1-7-9(12-11(14)10(7)13)8-5-3-2-4-6-8/h2-7,9H,1H3,(H,12,14). The molecule has 1 saturated heterocycles. The Morgan fingerprint density at radius 2 is 1.79 bits per heavy atom. The summed E-state index contributed by atoms with van der Waals surface area (Å²) in [6.45, 7) is 1.78. The minimum Gasteiger partial charge on any atom is -0.342 e. The van der Waals surface area contributed by atoms with E-state index in [0.717, 1.165) is 5.56 Å². The summed E-state index contributed by atoms with van der Waals surface area (Å²) in [5.74, 6) is -1.05. The zero-order chi connectivity index (χ0) is 10.1. The molecule has 1 heterocycles. The molecule has 0 aromatic heterocycles. The van der Waals surface area contributed by atoms with Gasteiger partial charge in [-0.05, 0) is 5.56 Å². The molecule has 0 radical (unpaired) electrons. The minimum absolute atomic E-state index is 0.156. The lowest BCUT2D eigenvalue weighted by molar-refractivity contribution is -0.136. The molecule has 2 unspecified atom stereocenters. The van der Waals surface area contributed by atoms with Crippen LogP contribution >= 0.6 is 0 Å². The molecule has 1 N–H and O–H groups in total. The molecule has 1 aliphatic heterocycles. The van der Waals surface area contributed by atoms with Crippen molar-refractivity contribution in [1.82, 2.24) is 5.32 Å². The first-order valence-corrected chi connectivity index (χ1v) is 4.60. The number of ketones is 1. The molecule has 1 aliphatic rings. The fourth-order valence-corrected chi connectivity index (χ4v) is 1.73. The maximum Gasteiger partial charge on any atom is 0.288 e. The molecule has 1 aromatic carbocycles. The van der Waals surface area contributed by atoms with Gasteiger partial charge in [-0.15, -0.1) is 0 Å². The predicted molar refractivity (Wildman–Crippen MR) is 51.5 cm³/mol. The van der Waals surface area contributed by atoms with Crippen molar-refractivity contribution in [1.29, 1.82) is 0 Å². The maximum atomic E-state index is 11.3. The van der Waals surface area contributed by atoms with Crippen LogP contribution in [-0.4, -0.2) is 11.7 Å². The topological polar surface area (TPSA) is 46.2 Å². The highest BCUT2D eigenvalue weighted by Crippen LogP contribution is 2.26. The van der Waals surface area contributed by atoms with E-state index in [1.807, 2.05) is 30.3 Å². The highest BCUT2D eigenvalue weighted by Gasteiger charge is 2.38. The molecule has 1 amide bonds. The summed E-state index contributed by atoms with van der Waals surface area (Å²) < 4.78 is 0. The Labute approximate surface area is 82.1 Å². The SMILES string of the molecule is CC1C(=O)C(=O)NC1c1ccccc1. The van der Waals surface area contributed by atoms with Crippen molar-refractivity contribution in [2.75, 3.05) is 0 Å². The highest BCUT2D eigenvalue weighted by atomic mass is 16.2. The van der Waals surface area contributed by atoms with Crippen LogP contribution in [0.3, 0.4) is 0 Å². The van der Waals surface area contributed by atoms with Crippen LogP contribution < -0.4 is 5.32 Å². The Morgan fingerprint density at radius 3 is 2.29 bits per heavy atom. The molecule has 14 heavy (non-hydrogen) atoms. The maximum absolute atomic E-state index is 11.3. The summed E-state index contributed by atoms with van der Waals surface area (Å²) in [6.07, 6.45) is 0. The van der Waals surface area contributed by atoms with Gasteiger partial charge in [0.25, 0.3) is 5.91 Å². The van der Waals surface area contributed by atoms with E-state index < -0.39 is 5.91 Å². The van der Waals surface area contributed by atoms with Gasteiger partial charge in [-0.2, -0.15) is 0 Å². The van der Waals surface area contributed by atoms with Crippen molar-refractivity contribution in [3.63, 3.8) is 0 Å². The van der Waals surface area contributed by atoms with E-state index in [2.05, 4.69) is 5.32 Å².